The Balaban J connectivity index is 2.85. The summed E-state index contributed by atoms with van der Waals surface area (Å²) in [6, 6.07) is 4.64. The maximum Gasteiger partial charge on any atom is 0.242 e. The van der Waals surface area contributed by atoms with Crippen molar-refractivity contribution >= 4 is 11.6 Å². The van der Waals surface area contributed by atoms with Gasteiger partial charge in [0, 0.05) is 5.69 Å². The molecule has 19 heavy (non-hydrogen) atoms. The van der Waals surface area contributed by atoms with Gasteiger partial charge < -0.3 is 11.1 Å². The molecule has 0 saturated heterocycles. The molecule has 0 heterocycles. The Morgan fingerprint density at radius 1 is 1.37 bits per heavy atom. The Kier molecular flexibility index (Phi) is 5.33. The predicted octanol–water partition coefficient (Wildman–Crippen LogP) is 3.37. The summed E-state index contributed by atoms with van der Waals surface area (Å²) in [7, 11) is 0. The molecule has 0 spiro atoms. The number of benzene rings is 1. The van der Waals surface area contributed by atoms with Gasteiger partial charge in [-0.2, -0.15) is 0 Å². The van der Waals surface area contributed by atoms with Crippen LogP contribution in [0.4, 0.5) is 10.1 Å². The van der Waals surface area contributed by atoms with Crippen LogP contribution < -0.4 is 11.1 Å². The fraction of sp³-hybridized carbons (Fsp3) is 0.533. The van der Waals surface area contributed by atoms with Crippen molar-refractivity contribution in [3.63, 3.8) is 0 Å². The molecule has 1 aromatic rings. The van der Waals surface area contributed by atoms with E-state index in [4.69, 9.17) is 5.73 Å². The maximum atomic E-state index is 13.4. The van der Waals surface area contributed by atoms with Crippen molar-refractivity contribution in [2.75, 3.05) is 5.32 Å². The van der Waals surface area contributed by atoms with Crippen molar-refractivity contribution in [3.05, 3.63) is 29.6 Å². The highest BCUT2D eigenvalue weighted by atomic mass is 19.1. The van der Waals surface area contributed by atoms with E-state index < -0.39 is 11.4 Å². The molecule has 1 aromatic carbocycles. The van der Waals surface area contributed by atoms with E-state index in [2.05, 4.69) is 12.2 Å². The van der Waals surface area contributed by atoms with Gasteiger partial charge in [-0.05, 0) is 44.0 Å². The minimum Gasteiger partial charge on any atom is -0.371 e. The lowest BCUT2D eigenvalue weighted by Gasteiger charge is -2.29. The van der Waals surface area contributed by atoms with Crippen LogP contribution in [0.1, 0.15) is 45.1 Å². The molecule has 3 N–H and O–H groups in total. The van der Waals surface area contributed by atoms with Gasteiger partial charge in [-0.1, -0.05) is 26.2 Å². The number of halogens is 1. The zero-order valence-corrected chi connectivity index (χ0v) is 11.9. The summed E-state index contributed by atoms with van der Waals surface area (Å²) in [4.78, 5) is 11.7. The molecule has 4 heteroatoms. The van der Waals surface area contributed by atoms with Gasteiger partial charge in [0.25, 0.3) is 0 Å². The van der Waals surface area contributed by atoms with Crippen LogP contribution in [-0.4, -0.2) is 11.4 Å². The number of aryl methyl sites for hydroxylation is 1. The van der Waals surface area contributed by atoms with Crippen LogP contribution in [0.2, 0.25) is 0 Å². The van der Waals surface area contributed by atoms with E-state index in [1.54, 1.807) is 6.92 Å². The van der Waals surface area contributed by atoms with E-state index in [0.717, 1.165) is 24.8 Å². The van der Waals surface area contributed by atoms with E-state index in [1.807, 2.05) is 13.0 Å². The first kappa shape index (κ1) is 15.5. The largest absolute Gasteiger partial charge is 0.371 e. The van der Waals surface area contributed by atoms with Crippen molar-refractivity contribution in [1.29, 1.82) is 0 Å². The first-order valence-electron chi connectivity index (χ1n) is 6.72. The Morgan fingerprint density at radius 3 is 2.58 bits per heavy atom. The topological polar surface area (TPSA) is 55.1 Å². The fourth-order valence-electron chi connectivity index (χ4n) is 2.10. The van der Waals surface area contributed by atoms with Gasteiger partial charge in [0.1, 0.15) is 11.4 Å². The maximum absolute atomic E-state index is 13.4. The minimum absolute atomic E-state index is 0.317. The number of anilines is 1. The van der Waals surface area contributed by atoms with Crippen LogP contribution in [0, 0.1) is 12.7 Å². The van der Waals surface area contributed by atoms with Crippen LogP contribution in [0.25, 0.3) is 0 Å². The standard InChI is InChI=1S/C15H23FN2O/c1-4-5-6-7-15(3,14(17)19)18-13-9-11(2)8-12(16)10-13/h8-10,18H,4-7H2,1-3H3,(H2,17,19). The highest BCUT2D eigenvalue weighted by Gasteiger charge is 2.30. The summed E-state index contributed by atoms with van der Waals surface area (Å²) in [5, 5.41) is 3.08. The normalized spacial score (nSPS) is 13.9. The van der Waals surface area contributed by atoms with Crippen LogP contribution in [-0.2, 0) is 4.79 Å². The van der Waals surface area contributed by atoms with Gasteiger partial charge in [-0.15, -0.1) is 0 Å². The number of hydrogen-bond acceptors (Lipinski definition) is 2. The molecule has 0 radical (unpaired) electrons. The predicted molar refractivity (Wildman–Crippen MR) is 76.5 cm³/mol. The molecule has 0 bridgehead atoms. The molecule has 0 saturated carbocycles. The summed E-state index contributed by atoms with van der Waals surface area (Å²) >= 11 is 0. The molecule has 0 fully saturated rings. The van der Waals surface area contributed by atoms with E-state index in [0.29, 0.717) is 12.1 Å². The number of nitrogens with one attached hydrogen (secondary N) is 1. The summed E-state index contributed by atoms with van der Waals surface area (Å²) in [6.07, 6.45) is 3.68. The Labute approximate surface area is 114 Å². The molecule has 1 unspecified atom stereocenters. The monoisotopic (exact) mass is 266 g/mol. The van der Waals surface area contributed by atoms with Crippen LogP contribution in [0.3, 0.4) is 0 Å². The SMILES string of the molecule is CCCCCC(C)(Nc1cc(C)cc(F)c1)C(N)=O. The van der Waals surface area contributed by atoms with Crippen molar-refractivity contribution in [2.24, 2.45) is 5.73 Å². The Morgan fingerprint density at radius 2 is 2.05 bits per heavy atom. The summed E-state index contributed by atoms with van der Waals surface area (Å²) in [5.74, 6) is -0.728. The first-order valence-corrected chi connectivity index (χ1v) is 6.72. The lowest BCUT2D eigenvalue weighted by Crippen LogP contribution is -2.47. The van der Waals surface area contributed by atoms with Gasteiger partial charge in [0.2, 0.25) is 5.91 Å². The molecule has 1 atom stereocenters. The van der Waals surface area contributed by atoms with Crippen molar-refractivity contribution in [1.82, 2.24) is 0 Å². The second-order valence-electron chi connectivity index (χ2n) is 5.30. The first-order chi connectivity index (χ1) is 8.87. The lowest BCUT2D eigenvalue weighted by molar-refractivity contribution is -0.122. The molecule has 0 aliphatic carbocycles. The van der Waals surface area contributed by atoms with Gasteiger partial charge in [-0.25, -0.2) is 4.39 Å². The molecule has 3 nitrogen and oxygen atoms in total. The number of carbonyl (C=O) groups is 1. The van der Waals surface area contributed by atoms with Crippen molar-refractivity contribution in [2.45, 2.75) is 52.0 Å². The number of nitrogens with two attached hydrogens (primary N) is 1. The van der Waals surface area contributed by atoms with Crippen molar-refractivity contribution < 1.29 is 9.18 Å². The second-order valence-corrected chi connectivity index (χ2v) is 5.30. The number of primary amides is 1. The molecular weight excluding hydrogens is 243 g/mol. The van der Waals surface area contributed by atoms with E-state index in [-0.39, 0.29) is 5.82 Å². The van der Waals surface area contributed by atoms with Crippen LogP contribution in [0.5, 0.6) is 0 Å². The molecule has 106 valence electrons. The van der Waals surface area contributed by atoms with Gasteiger partial charge >= 0.3 is 0 Å². The molecule has 0 aromatic heterocycles. The summed E-state index contributed by atoms with van der Waals surface area (Å²) in [6.45, 7) is 5.68. The number of amides is 1. The third-order valence-corrected chi connectivity index (χ3v) is 3.29. The highest BCUT2D eigenvalue weighted by Crippen LogP contribution is 2.23. The average molecular weight is 266 g/mol. The molecule has 1 amide bonds. The summed E-state index contributed by atoms with van der Waals surface area (Å²) in [5.41, 5.74) is 6.05. The fourth-order valence-corrected chi connectivity index (χ4v) is 2.10. The van der Waals surface area contributed by atoms with Crippen molar-refractivity contribution in [3.8, 4) is 0 Å². The van der Waals surface area contributed by atoms with Gasteiger partial charge in [-0.3, -0.25) is 4.79 Å². The van der Waals surface area contributed by atoms with Crippen LogP contribution >= 0.6 is 0 Å². The zero-order chi connectivity index (χ0) is 14.5. The third-order valence-electron chi connectivity index (χ3n) is 3.29. The molecule has 0 aliphatic heterocycles. The number of unbranched alkanes of at least 4 members (excludes halogenated alkanes) is 2. The minimum atomic E-state index is -0.838. The molecular formula is C15H23FN2O. The molecule has 0 aliphatic rings. The Bertz CT molecular complexity index is 428. The third kappa shape index (κ3) is 4.54. The van der Waals surface area contributed by atoms with Gasteiger partial charge in [0.05, 0.1) is 0 Å². The van der Waals surface area contributed by atoms with Crippen LogP contribution in [0.15, 0.2) is 18.2 Å². The van der Waals surface area contributed by atoms with Gasteiger partial charge in [0.15, 0.2) is 0 Å². The number of hydrogen-bond donors (Lipinski definition) is 2. The number of carbonyl (C=O) groups excluding carboxylic acids is 1. The van der Waals surface area contributed by atoms with E-state index in [1.165, 1.54) is 12.1 Å². The Hall–Kier alpha value is -1.58. The van der Waals surface area contributed by atoms with E-state index in [9.17, 15) is 9.18 Å². The molecule has 1 rings (SSSR count). The highest BCUT2D eigenvalue weighted by molar-refractivity contribution is 5.87. The van der Waals surface area contributed by atoms with E-state index >= 15 is 0 Å². The average Bonchev–Trinajstić information content (AvgIpc) is 2.27. The smallest absolute Gasteiger partial charge is 0.242 e. The quantitative estimate of drug-likeness (QED) is 0.743. The zero-order valence-electron chi connectivity index (χ0n) is 11.9. The summed E-state index contributed by atoms with van der Waals surface area (Å²) < 4.78 is 13.4. The number of rotatable bonds is 7. The lowest BCUT2D eigenvalue weighted by atomic mass is 9.93. The second kappa shape index (κ2) is 6.55.